The molecule has 2 atom stereocenters. The minimum atomic E-state index is -1.72. The van der Waals surface area contributed by atoms with Gasteiger partial charge < -0.3 is 0 Å². The number of hydrogen-bond donors (Lipinski definition) is 2. The molecule has 4 nitrogen and oxygen atoms in total. The van der Waals surface area contributed by atoms with Crippen LogP contribution in [-0.4, -0.2) is 45.1 Å². The van der Waals surface area contributed by atoms with Crippen LogP contribution in [0.3, 0.4) is 0 Å². The summed E-state index contributed by atoms with van der Waals surface area (Å²) < 4.78 is 7.33. The van der Waals surface area contributed by atoms with Gasteiger partial charge in [0.05, 0.1) is 0 Å². The molecule has 0 heterocycles. The van der Waals surface area contributed by atoms with Gasteiger partial charge in [0, 0.05) is 0 Å². The standard InChI is InChI=1S/2C9H7.2C4H11NOSi.2ClH.Ga.Zr.H/c2*1-2-5-9-7-3-6-8(9)4-1;2*1-7(2,3)4(5)6;;;;;/h2*1-7H;2*1-3H3,(H2,5,6);2*1H;;;/q;;;;;;+2;;/p-2. The molecule has 36 heavy (non-hydrogen) atoms. The maximum Gasteiger partial charge on any atom is -0.147 e. The Labute approximate surface area is 250 Å². The Balaban J connectivity index is 0.000000353. The van der Waals surface area contributed by atoms with Crippen molar-refractivity contribution in [1.82, 2.24) is 8.05 Å². The zero-order valence-electron chi connectivity index (χ0n) is 21.9. The van der Waals surface area contributed by atoms with Gasteiger partial charge in [0.25, 0.3) is 0 Å². The van der Waals surface area contributed by atoms with E-state index in [-0.39, 0.29) is 35.9 Å². The molecule has 0 bridgehead atoms. The first-order valence-corrected chi connectivity index (χ1v) is 24.6. The first kappa shape index (κ1) is 33.4. The third kappa shape index (κ3) is 9.30. The molecule has 0 radical (unpaired) electrons. The zero-order valence-corrected chi connectivity index (χ0v) is 31.0. The predicted molar refractivity (Wildman–Crippen MR) is 162 cm³/mol. The van der Waals surface area contributed by atoms with Crippen molar-refractivity contribution in [1.29, 1.82) is 0 Å². The van der Waals surface area contributed by atoms with E-state index in [1.54, 1.807) is 11.1 Å². The van der Waals surface area contributed by atoms with E-state index in [9.17, 15) is 9.59 Å². The number of allylic oxidation sites excluding steroid dienone is 2. The molecule has 2 N–H and O–H groups in total. The molecule has 2 aliphatic carbocycles. The quantitative estimate of drug-likeness (QED) is 0.321. The van der Waals surface area contributed by atoms with Crippen LogP contribution in [0.1, 0.15) is 29.5 Å². The van der Waals surface area contributed by atoms with Crippen LogP contribution in [0.25, 0.3) is 12.2 Å². The number of fused-ring (bicyclic) bond motifs is 2. The van der Waals surface area contributed by atoms with Crippen LogP contribution in [0.4, 0.5) is 9.59 Å². The van der Waals surface area contributed by atoms with Crippen molar-refractivity contribution in [2.45, 2.75) is 46.5 Å². The number of amides is 2. The Morgan fingerprint density at radius 1 is 0.694 bits per heavy atom. The molecule has 10 heteroatoms. The molecular formula is C26H37Cl2GaN2O2Si2Zr. The average molecular weight is 698 g/mol. The maximum atomic E-state index is 11.6. The minimum absolute atomic E-state index is 0. The van der Waals surface area contributed by atoms with Crippen LogP contribution >= 0.6 is 24.8 Å². The predicted octanol–water partition coefficient (Wildman–Crippen LogP) is 6.96. The normalized spacial score (nSPS) is 16.7. The summed E-state index contributed by atoms with van der Waals surface area (Å²) in [4.78, 5) is 23.1. The first-order chi connectivity index (χ1) is 16.0. The van der Waals surface area contributed by atoms with Crippen LogP contribution in [0.2, 0.25) is 39.3 Å². The molecule has 192 valence electrons. The summed E-state index contributed by atoms with van der Waals surface area (Å²) in [5.41, 5.74) is 6.32. The summed E-state index contributed by atoms with van der Waals surface area (Å²) in [5, 5.41) is 0. The topological polar surface area (TPSA) is 58.2 Å². The SMILES string of the molecule is C1=C[CH]([Zr][CH]2C=Cc3ccccc32)c2ccccc21.C[Si](C)(C)C(=O)[NH][GaH][NH]C(=O)[Si](C)(C)C.Cl.Cl. The number of benzene rings is 2. The molecule has 0 aromatic heterocycles. The molecule has 0 fully saturated rings. The summed E-state index contributed by atoms with van der Waals surface area (Å²) in [5.74, 6) is 0. The number of carbonyl (C=O) groups excluding carboxylic acids is 2. The van der Waals surface area contributed by atoms with E-state index in [1.165, 1.54) is 11.1 Å². The fourth-order valence-corrected chi connectivity index (χ4v) is 17.4. The number of carbonyl (C=O) groups is 2. The second-order valence-electron chi connectivity index (χ2n) is 10.8. The van der Waals surface area contributed by atoms with Crippen molar-refractivity contribution in [2.75, 3.05) is 0 Å². The van der Waals surface area contributed by atoms with Gasteiger partial charge in [-0.2, -0.15) is 0 Å². The summed E-state index contributed by atoms with van der Waals surface area (Å²) in [6.07, 6.45) is 9.49. The van der Waals surface area contributed by atoms with Crippen molar-refractivity contribution in [3.05, 3.63) is 82.9 Å². The molecule has 0 saturated carbocycles. The molecule has 2 aromatic carbocycles. The fraction of sp³-hybridized carbons (Fsp3) is 0.308. The van der Waals surface area contributed by atoms with Gasteiger partial charge in [0.2, 0.25) is 0 Å². The molecule has 0 saturated heterocycles. The Morgan fingerprint density at radius 2 is 1.06 bits per heavy atom. The number of hydrogen-bond acceptors (Lipinski definition) is 2. The Morgan fingerprint density at radius 3 is 1.42 bits per heavy atom. The summed E-state index contributed by atoms with van der Waals surface area (Å²) in [7, 11) is -3.44. The summed E-state index contributed by atoms with van der Waals surface area (Å²) >= 11 is -1.95. The smallest absolute Gasteiger partial charge is 0.147 e. The van der Waals surface area contributed by atoms with Gasteiger partial charge in [0.15, 0.2) is 0 Å². The molecule has 4 rings (SSSR count). The van der Waals surface area contributed by atoms with Crippen LogP contribution in [0, 0.1) is 0 Å². The van der Waals surface area contributed by atoms with Gasteiger partial charge in [-0.25, -0.2) is 0 Å². The van der Waals surface area contributed by atoms with Gasteiger partial charge in [-0.3, -0.25) is 0 Å². The van der Waals surface area contributed by atoms with Crippen molar-refractivity contribution in [3.8, 4) is 0 Å². The van der Waals surface area contributed by atoms with Gasteiger partial charge >= 0.3 is 228 Å². The minimum Gasteiger partial charge on any atom is -0.147 e. The fourth-order valence-electron chi connectivity index (χ4n) is 3.72. The van der Waals surface area contributed by atoms with E-state index < -0.39 is 57.3 Å². The van der Waals surface area contributed by atoms with Crippen molar-refractivity contribution in [2.24, 2.45) is 0 Å². The van der Waals surface area contributed by atoms with Gasteiger partial charge in [-0.1, -0.05) is 0 Å². The molecule has 0 aliphatic heterocycles. The van der Waals surface area contributed by atoms with Crippen LogP contribution < -0.4 is 8.05 Å². The second kappa shape index (κ2) is 14.5. The average Bonchev–Trinajstić information content (AvgIpc) is 3.38. The zero-order chi connectivity index (χ0) is 24.9. The number of halogens is 2. The summed E-state index contributed by atoms with van der Waals surface area (Å²) in [6.45, 7) is 12.0. The molecule has 0 spiro atoms. The molecule has 2 unspecified atom stereocenters. The summed E-state index contributed by atoms with van der Waals surface area (Å²) in [6, 6.07) is 17.7. The largest absolute Gasteiger partial charge is 0.147 e. The third-order valence-corrected chi connectivity index (χ3v) is 16.7. The van der Waals surface area contributed by atoms with Crippen LogP contribution in [-0.2, 0) is 23.2 Å². The Hall–Kier alpha value is -0.607. The Bertz CT molecular complexity index is 1030. The Kier molecular flexibility index (Phi) is 13.5. The van der Waals surface area contributed by atoms with E-state index in [4.69, 9.17) is 0 Å². The second-order valence-corrected chi connectivity index (χ2v) is 26.8. The van der Waals surface area contributed by atoms with Gasteiger partial charge in [0.1, 0.15) is 0 Å². The molecule has 2 amide bonds. The third-order valence-electron chi connectivity index (χ3n) is 5.82. The van der Waals surface area contributed by atoms with Crippen molar-refractivity contribution in [3.63, 3.8) is 0 Å². The van der Waals surface area contributed by atoms with Crippen molar-refractivity contribution < 1.29 is 32.8 Å². The van der Waals surface area contributed by atoms with Gasteiger partial charge in [-0.15, -0.1) is 24.8 Å². The number of rotatable bonds is 6. The van der Waals surface area contributed by atoms with Crippen LogP contribution in [0.15, 0.2) is 60.7 Å². The van der Waals surface area contributed by atoms with E-state index in [0.717, 1.165) is 7.25 Å². The number of nitrogens with one attached hydrogen (secondary N) is 2. The van der Waals surface area contributed by atoms with E-state index in [0.29, 0.717) is 0 Å². The van der Waals surface area contributed by atoms with E-state index in [2.05, 4.69) is 80.9 Å². The van der Waals surface area contributed by atoms with Gasteiger partial charge in [-0.05, 0) is 0 Å². The maximum absolute atomic E-state index is 11.6. The molecule has 2 aliphatic rings. The van der Waals surface area contributed by atoms with Crippen LogP contribution in [0.5, 0.6) is 0 Å². The first-order valence-electron chi connectivity index (χ1n) is 11.8. The van der Waals surface area contributed by atoms with E-state index in [1.807, 2.05) is 39.3 Å². The molecule has 2 aromatic rings. The monoisotopic (exact) mass is 694 g/mol. The van der Waals surface area contributed by atoms with E-state index >= 15 is 0 Å². The molecular weight excluding hydrogens is 660 g/mol. The van der Waals surface area contributed by atoms with Crippen molar-refractivity contribution >= 4 is 82.1 Å².